The number of carbonyl (C=O) groups excluding carboxylic acids is 2. The number of para-hydroxylation sites is 1. The maximum Gasteiger partial charge on any atom is 0.275 e. The Hall–Kier alpha value is -3.09. The average molecular weight is 285 g/mol. The van der Waals surface area contributed by atoms with Crippen LogP contribution in [0.15, 0.2) is 28.6 Å². The van der Waals surface area contributed by atoms with Gasteiger partial charge >= 0.3 is 0 Å². The van der Waals surface area contributed by atoms with E-state index >= 15 is 0 Å². The molecule has 1 amide bonds. The Morgan fingerprint density at radius 2 is 1.90 bits per heavy atom. The third-order valence-electron chi connectivity index (χ3n) is 3.33. The van der Waals surface area contributed by atoms with Crippen molar-refractivity contribution in [3.8, 4) is 5.88 Å². The van der Waals surface area contributed by atoms with E-state index in [0.29, 0.717) is 11.3 Å². The van der Waals surface area contributed by atoms with Gasteiger partial charge in [0.2, 0.25) is 11.7 Å². The quantitative estimate of drug-likeness (QED) is 0.461. The lowest BCUT2D eigenvalue weighted by atomic mass is 9.93. The number of ketones is 1. The van der Waals surface area contributed by atoms with Gasteiger partial charge in [-0.25, -0.2) is 0 Å². The number of fused-ring (bicyclic) bond motifs is 1. The van der Waals surface area contributed by atoms with Crippen molar-refractivity contribution in [2.45, 2.75) is 6.92 Å². The summed E-state index contributed by atoms with van der Waals surface area (Å²) in [6.45, 7) is 1.78. The summed E-state index contributed by atoms with van der Waals surface area (Å²) in [7, 11) is 0. The zero-order valence-corrected chi connectivity index (χ0v) is 11.0. The zero-order chi connectivity index (χ0) is 15.1. The maximum absolute atomic E-state index is 12.4. The Morgan fingerprint density at radius 1 is 1.14 bits per heavy atom. The Labute approximate surface area is 118 Å². The van der Waals surface area contributed by atoms with Gasteiger partial charge in [-0.1, -0.05) is 12.1 Å². The smallest absolute Gasteiger partial charge is 0.275 e. The molecule has 106 valence electrons. The van der Waals surface area contributed by atoms with Crippen LogP contribution in [0.2, 0.25) is 0 Å². The minimum absolute atomic E-state index is 0.162. The number of hydrogen-bond acceptors (Lipinski definition) is 4. The van der Waals surface area contributed by atoms with Crippen molar-refractivity contribution in [1.82, 2.24) is 10.2 Å². The molecule has 4 N–H and O–H groups in total. The molecular formula is C14H11N3O4. The summed E-state index contributed by atoms with van der Waals surface area (Å²) in [5.41, 5.74) is 0.619. The number of aromatic nitrogens is 2. The summed E-state index contributed by atoms with van der Waals surface area (Å²) in [6.07, 6.45) is 1.08. The van der Waals surface area contributed by atoms with Crippen LogP contribution >= 0.6 is 0 Å². The van der Waals surface area contributed by atoms with Crippen molar-refractivity contribution in [2.24, 2.45) is 0 Å². The second-order valence-electron chi connectivity index (χ2n) is 4.68. The number of amides is 1. The number of H-pyrrole nitrogens is 2. The first-order valence-electron chi connectivity index (χ1n) is 6.16. The molecule has 0 atom stereocenters. The lowest BCUT2D eigenvalue weighted by Gasteiger charge is -2.19. The van der Waals surface area contributed by atoms with E-state index in [9.17, 15) is 19.5 Å². The van der Waals surface area contributed by atoms with Crippen molar-refractivity contribution >= 4 is 23.5 Å². The molecule has 0 aliphatic carbocycles. The molecule has 0 fully saturated rings. The number of hydrogen-bond donors (Lipinski definition) is 4. The molecule has 1 aromatic carbocycles. The number of aryl methyl sites for hydroxylation is 1. The van der Waals surface area contributed by atoms with Crippen LogP contribution in [0.25, 0.3) is 6.08 Å². The molecule has 3 rings (SSSR count). The molecule has 7 nitrogen and oxygen atoms in total. The minimum atomic E-state index is -0.615. The van der Waals surface area contributed by atoms with Crippen LogP contribution in [0, 0.1) is 6.92 Å². The second kappa shape index (κ2) is 4.48. The molecule has 0 bridgehead atoms. The van der Waals surface area contributed by atoms with Gasteiger partial charge in [-0.15, -0.1) is 0 Å². The molecule has 1 aliphatic rings. The van der Waals surface area contributed by atoms with Crippen molar-refractivity contribution in [3.63, 3.8) is 0 Å². The van der Waals surface area contributed by atoms with Gasteiger partial charge in [-0.3, -0.25) is 24.6 Å². The zero-order valence-electron chi connectivity index (χ0n) is 11.0. The van der Waals surface area contributed by atoms with Gasteiger partial charge in [0.05, 0.1) is 11.3 Å². The van der Waals surface area contributed by atoms with Gasteiger partial charge in [0.25, 0.3) is 11.5 Å². The predicted molar refractivity (Wildman–Crippen MR) is 75.2 cm³/mol. The van der Waals surface area contributed by atoms with Crippen LogP contribution in [0.5, 0.6) is 5.88 Å². The SMILES string of the molecule is Cc1cccc2c1NC(=O)/C(=C/c1c(O)[nH][nH]c1=O)C2=O. The highest BCUT2D eigenvalue weighted by Gasteiger charge is 2.29. The number of nitrogens with one attached hydrogen (secondary N) is 3. The van der Waals surface area contributed by atoms with Crippen LogP contribution in [-0.4, -0.2) is 27.0 Å². The predicted octanol–water partition coefficient (Wildman–Crippen LogP) is 0.935. The fourth-order valence-electron chi connectivity index (χ4n) is 2.22. The summed E-state index contributed by atoms with van der Waals surface area (Å²) in [5, 5.41) is 16.5. The Balaban J connectivity index is 2.16. The topological polar surface area (TPSA) is 115 Å². The fraction of sp³-hybridized carbons (Fsp3) is 0.0714. The maximum atomic E-state index is 12.4. The van der Waals surface area contributed by atoms with Gasteiger partial charge in [0.1, 0.15) is 5.56 Å². The third-order valence-corrected chi connectivity index (χ3v) is 3.33. The van der Waals surface area contributed by atoms with Crippen LogP contribution in [0.3, 0.4) is 0 Å². The first-order valence-corrected chi connectivity index (χ1v) is 6.16. The number of rotatable bonds is 1. The standard InChI is InChI=1S/C14H11N3O4/c1-6-3-2-4-7-10(6)15-12(19)8(11(7)18)5-9-13(20)16-17-14(9)21/h2-5H,1H3,(H,15,19)(H3,16,17,20,21)/b8-5+. The fourth-order valence-corrected chi connectivity index (χ4v) is 2.22. The van der Waals surface area contributed by atoms with Crippen LogP contribution in [0.4, 0.5) is 5.69 Å². The van der Waals surface area contributed by atoms with E-state index in [0.717, 1.165) is 11.6 Å². The Kier molecular flexibility index (Phi) is 2.76. The monoisotopic (exact) mass is 285 g/mol. The average Bonchev–Trinajstić information content (AvgIpc) is 2.76. The molecule has 2 aromatic rings. The van der Waals surface area contributed by atoms with E-state index in [1.165, 1.54) is 0 Å². The van der Waals surface area contributed by atoms with Crippen LogP contribution < -0.4 is 10.9 Å². The van der Waals surface area contributed by atoms with E-state index in [2.05, 4.69) is 15.5 Å². The highest BCUT2D eigenvalue weighted by molar-refractivity contribution is 6.36. The minimum Gasteiger partial charge on any atom is -0.493 e. The van der Waals surface area contributed by atoms with Gasteiger partial charge in [0.15, 0.2) is 0 Å². The molecule has 0 spiro atoms. The first kappa shape index (κ1) is 12.9. The molecule has 0 saturated carbocycles. The Morgan fingerprint density at radius 3 is 2.57 bits per heavy atom. The highest BCUT2D eigenvalue weighted by atomic mass is 16.3. The number of benzene rings is 1. The summed E-state index contributed by atoms with van der Waals surface area (Å²) >= 11 is 0. The second-order valence-corrected chi connectivity index (χ2v) is 4.68. The molecule has 0 unspecified atom stereocenters. The molecule has 21 heavy (non-hydrogen) atoms. The van der Waals surface area contributed by atoms with Crippen LogP contribution in [-0.2, 0) is 4.79 Å². The lowest BCUT2D eigenvalue weighted by molar-refractivity contribution is -0.112. The number of carbonyl (C=O) groups is 2. The van der Waals surface area contributed by atoms with Gasteiger partial charge in [0, 0.05) is 5.56 Å². The third kappa shape index (κ3) is 1.95. The molecule has 0 saturated heterocycles. The van der Waals surface area contributed by atoms with Crippen LogP contribution in [0.1, 0.15) is 21.5 Å². The highest BCUT2D eigenvalue weighted by Crippen LogP contribution is 2.29. The number of aromatic hydroxyl groups is 1. The molecule has 7 heteroatoms. The summed E-state index contributed by atoms with van der Waals surface area (Å²) in [6, 6.07) is 5.09. The van der Waals surface area contributed by atoms with E-state index in [1.807, 2.05) is 0 Å². The normalized spacial score (nSPS) is 16.0. The molecule has 2 heterocycles. The number of Topliss-reactive ketones (excluding diaryl/α,β-unsaturated/α-hetero) is 1. The lowest BCUT2D eigenvalue weighted by Crippen LogP contribution is -2.28. The van der Waals surface area contributed by atoms with Gasteiger partial charge < -0.3 is 10.4 Å². The molecule has 0 radical (unpaired) electrons. The summed E-state index contributed by atoms with van der Waals surface area (Å²) in [5.74, 6) is -1.53. The number of aromatic amines is 2. The summed E-state index contributed by atoms with van der Waals surface area (Å²) < 4.78 is 0. The van der Waals surface area contributed by atoms with Gasteiger partial charge in [-0.2, -0.15) is 0 Å². The van der Waals surface area contributed by atoms with Crippen molar-refractivity contribution in [3.05, 3.63) is 50.8 Å². The largest absolute Gasteiger partial charge is 0.493 e. The Bertz CT molecular complexity index is 857. The van der Waals surface area contributed by atoms with Gasteiger partial charge in [-0.05, 0) is 24.6 Å². The molecule has 1 aliphatic heterocycles. The first-order chi connectivity index (χ1) is 9.99. The molecular weight excluding hydrogens is 274 g/mol. The van der Waals surface area contributed by atoms with Crippen molar-refractivity contribution in [1.29, 1.82) is 0 Å². The van der Waals surface area contributed by atoms with E-state index < -0.39 is 23.1 Å². The summed E-state index contributed by atoms with van der Waals surface area (Å²) in [4.78, 5) is 36.0. The van der Waals surface area contributed by atoms with E-state index in [4.69, 9.17) is 0 Å². The number of anilines is 1. The molecule has 1 aromatic heterocycles. The van der Waals surface area contributed by atoms with Crippen molar-refractivity contribution < 1.29 is 14.7 Å². The van der Waals surface area contributed by atoms with E-state index in [-0.39, 0.29) is 11.1 Å². The van der Waals surface area contributed by atoms with E-state index in [1.54, 1.807) is 25.1 Å². The van der Waals surface area contributed by atoms with Crippen molar-refractivity contribution in [2.75, 3.05) is 5.32 Å².